The van der Waals surface area contributed by atoms with Crippen LogP contribution in [0.25, 0.3) is 6.08 Å². The van der Waals surface area contributed by atoms with E-state index in [1.54, 1.807) is 66.7 Å². The van der Waals surface area contributed by atoms with E-state index in [2.05, 4.69) is 6.58 Å². The van der Waals surface area contributed by atoms with Crippen LogP contribution in [-0.4, -0.2) is 31.2 Å². The standard InChI is InChI=1S/C27H25NO6S/c1-3-25(22-9-5-4-6-10-22)26(35(32,33)24-17-11-20(2)12-18-24)27(29)34-19-7-8-21-13-15-23(16-14-21)28(30)31/h3-18,25-26H,1,19H2,2H3/b8-7+. The number of carbonyl (C=O) groups excluding carboxylic acids is 1. The topological polar surface area (TPSA) is 104 Å². The van der Waals surface area contributed by atoms with Crippen LogP contribution in [0.15, 0.2) is 102 Å². The molecule has 180 valence electrons. The van der Waals surface area contributed by atoms with E-state index in [0.29, 0.717) is 11.1 Å². The summed E-state index contributed by atoms with van der Waals surface area (Å²) in [5, 5.41) is 9.24. The molecule has 0 amide bonds. The Morgan fingerprint density at radius 3 is 2.23 bits per heavy atom. The molecular weight excluding hydrogens is 466 g/mol. The van der Waals surface area contributed by atoms with Gasteiger partial charge in [-0.1, -0.05) is 60.2 Å². The van der Waals surface area contributed by atoms with E-state index in [0.717, 1.165) is 5.56 Å². The summed E-state index contributed by atoms with van der Waals surface area (Å²) in [6.45, 7) is 5.45. The van der Waals surface area contributed by atoms with Gasteiger partial charge in [0, 0.05) is 18.1 Å². The number of ether oxygens (including phenoxy) is 1. The molecule has 0 aliphatic carbocycles. The predicted molar refractivity (Wildman–Crippen MR) is 135 cm³/mol. The number of nitro groups is 1. The van der Waals surface area contributed by atoms with Gasteiger partial charge >= 0.3 is 5.97 Å². The normalized spacial score (nSPS) is 13.2. The number of aryl methyl sites for hydroxylation is 1. The van der Waals surface area contributed by atoms with Crippen molar-refractivity contribution in [3.8, 4) is 0 Å². The van der Waals surface area contributed by atoms with Crippen LogP contribution in [0.5, 0.6) is 0 Å². The summed E-state index contributed by atoms with van der Waals surface area (Å²) in [7, 11) is -4.11. The molecule has 2 unspecified atom stereocenters. The number of esters is 1. The van der Waals surface area contributed by atoms with E-state index in [4.69, 9.17) is 4.74 Å². The third-order valence-corrected chi connectivity index (χ3v) is 7.50. The lowest BCUT2D eigenvalue weighted by molar-refractivity contribution is -0.384. The van der Waals surface area contributed by atoms with E-state index < -0.39 is 31.9 Å². The minimum atomic E-state index is -4.11. The number of benzene rings is 3. The lowest BCUT2D eigenvalue weighted by atomic mass is 9.95. The van der Waals surface area contributed by atoms with Gasteiger partial charge < -0.3 is 4.74 Å². The largest absolute Gasteiger partial charge is 0.460 e. The summed E-state index contributed by atoms with van der Waals surface area (Å²) >= 11 is 0. The molecule has 3 rings (SSSR count). The van der Waals surface area contributed by atoms with Crippen molar-refractivity contribution < 1.29 is 22.9 Å². The van der Waals surface area contributed by atoms with Crippen LogP contribution in [0.2, 0.25) is 0 Å². The number of sulfone groups is 1. The van der Waals surface area contributed by atoms with E-state index in [1.807, 2.05) is 6.92 Å². The Balaban J connectivity index is 1.85. The van der Waals surface area contributed by atoms with Crippen LogP contribution in [-0.2, 0) is 19.4 Å². The average Bonchev–Trinajstić information content (AvgIpc) is 2.86. The molecule has 0 N–H and O–H groups in total. The van der Waals surface area contributed by atoms with Crippen LogP contribution >= 0.6 is 0 Å². The van der Waals surface area contributed by atoms with Crippen LogP contribution < -0.4 is 0 Å². The maximum Gasteiger partial charge on any atom is 0.326 e. The van der Waals surface area contributed by atoms with Gasteiger partial charge in [0.25, 0.3) is 5.69 Å². The highest BCUT2D eigenvalue weighted by Gasteiger charge is 2.41. The smallest absolute Gasteiger partial charge is 0.326 e. The number of hydrogen-bond acceptors (Lipinski definition) is 6. The SMILES string of the molecule is C=CC(c1ccccc1)C(C(=O)OC/C=C/c1ccc([N+](=O)[O-])cc1)S(=O)(=O)c1ccc(C)cc1. The minimum absolute atomic E-state index is 0.0225. The molecule has 3 aromatic rings. The maximum atomic E-state index is 13.6. The van der Waals surface area contributed by atoms with Crippen LogP contribution in [0.4, 0.5) is 5.69 Å². The third kappa shape index (κ3) is 6.30. The van der Waals surface area contributed by atoms with Gasteiger partial charge in [0.2, 0.25) is 0 Å². The summed E-state index contributed by atoms with van der Waals surface area (Å²) in [5.41, 5.74) is 2.15. The molecule has 0 aromatic heterocycles. The zero-order valence-electron chi connectivity index (χ0n) is 19.1. The first-order valence-corrected chi connectivity index (χ1v) is 12.3. The van der Waals surface area contributed by atoms with Gasteiger partial charge in [0.15, 0.2) is 15.1 Å². The number of nitro benzene ring substituents is 1. The van der Waals surface area contributed by atoms with Gasteiger partial charge in [0.05, 0.1) is 9.82 Å². The summed E-state index contributed by atoms with van der Waals surface area (Å²) in [6, 6.07) is 21.0. The number of hydrogen-bond donors (Lipinski definition) is 0. The van der Waals surface area contributed by atoms with Crippen molar-refractivity contribution in [2.24, 2.45) is 0 Å². The van der Waals surface area contributed by atoms with Crippen molar-refractivity contribution in [1.82, 2.24) is 0 Å². The molecule has 0 heterocycles. The third-order valence-electron chi connectivity index (χ3n) is 5.42. The summed E-state index contributed by atoms with van der Waals surface area (Å²) in [5.74, 6) is -1.72. The first-order chi connectivity index (χ1) is 16.7. The van der Waals surface area contributed by atoms with Crippen molar-refractivity contribution in [2.45, 2.75) is 23.0 Å². The predicted octanol–water partition coefficient (Wildman–Crippen LogP) is 5.27. The van der Waals surface area contributed by atoms with Gasteiger partial charge in [-0.25, -0.2) is 8.42 Å². The Morgan fingerprint density at radius 2 is 1.66 bits per heavy atom. The highest BCUT2D eigenvalue weighted by molar-refractivity contribution is 7.92. The van der Waals surface area contributed by atoms with E-state index in [-0.39, 0.29) is 17.2 Å². The molecular formula is C27H25NO6S. The number of rotatable bonds is 10. The molecule has 3 aromatic carbocycles. The second-order valence-corrected chi connectivity index (χ2v) is 9.90. The highest BCUT2D eigenvalue weighted by atomic mass is 32.2. The lowest BCUT2D eigenvalue weighted by Crippen LogP contribution is -2.37. The Morgan fingerprint density at radius 1 is 1.03 bits per heavy atom. The number of carbonyl (C=O) groups is 1. The number of nitrogens with zero attached hydrogens (tertiary/aromatic N) is 1. The van der Waals surface area contributed by atoms with Gasteiger partial charge in [0.1, 0.15) is 6.61 Å². The number of allylic oxidation sites excluding steroid dienone is 1. The molecule has 0 radical (unpaired) electrons. The quantitative estimate of drug-likeness (QED) is 0.166. The second-order valence-electron chi connectivity index (χ2n) is 7.83. The van der Waals surface area contributed by atoms with Gasteiger partial charge in [-0.15, -0.1) is 6.58 Å². The van der Waals surface area contributed by atoms with Gasteiger partial charge in [-0.2, -0.15) is 0 Å². The zero-order valence-corrected chi connectivity index (χ0v) is 19.9. The summed E-state index contributed by atoms with van der Waals surface area (Å²) < 4.78 is 32.5. The highest BCUT2D eigenvalue weighted by Crippen LogP contribution is 2.31. The molecule has 0 spiro atoms. The first kappa shape index (κ1) is 25.6. The molecule has 0 bridgehead atoms. The van der Waals surface area contributed by atoms with Crippen LogP contribution in [0.3, 0.4) is 0 Å². The fourth-order valence-corrected chi connectivity index (χ4v) is 5.34. The molecule has 35 heavy (non-hydrogen) atoms. The Kier molecular flexibility index (Phi) is 8.33. The Bertz CT molecular complexity index is 1310. The Hall–Kier alpha value is -4.04. The monoisotopic (exact) mass is 491 g/mol. The lowest BCUT2D eigenvalue weighted by Gasteiger charge is -2.23. The molecule has 8 heteroatoms. The summed E-state index contributed by atoms with van der Waals surface area (Å²) in [4.78, 5) is 23.5. The molecule has 0 aliphatic rings. The van der Waals surface area contributed by atoms with Crippen LogP contribution in [0, 0.1) is 17.0 Å². The average molecular weight is 492 g/mol. The van der Waals surface area contributed by atoms with Crippen molar-refractivity contribution in [3.63, 3.8) is 0 Å². The van der Waals surface area contributed by atoms with Crippen molar-refractivity contribution in [3.05, 3.63) is 124 Å². The Labute approximate surface area is 204 Å². The van der Waals surface area contributed by atoms with E-state index >= 15 is 0 Å². The van der Waals surface area contributed by atoms with Gasteiger partial charge in [-0.3, -0.25) is 14.9 Å². The first-order valence-electron chi connectivity index (χ1n) is 10.8. The maximum absolute atomic E-state index is 13.6. The molecule has 0 aliphatic heterocycles. The van der Waals surface area contributed by atoms with Gasteiger partial charge in [-0.05, 0) is 48.4 Å². The fraction of sp³-hybridized carbons (Fsp3) is 0.148. The fourth-order valence-electron chi connectivity index (χ4n) is 3.55. The molecule has 0 saturated carbocycles. The zero-order chi connectivity index (χ0) is 25.4. The molecule has 0 fully saturated rings. The minimum Gasteiger partial charge on any atom is -0.460 e. The molecule has 7 nitrogen and oxygen atoms in total. The van der Waals surface area contributed by atoms with E-state index in [1.165, 1.54) is 30.3 Å². The van der Waals surface area contributed by atoms with Crippen molar-refractivity contribution in [2.75, 3.05) is 6.61 Å². The second kappa shape index (κ2) is 11.4. The number of non-ortho nitro benzene ring substituents is 1. The summed E-state index contributed by atoms with van der Waals surface area (Å²) in [6.07, 6.45) is 4.61. The van der Waals surface area contributed by atoms with Crippen molar-refractivity contribution >= 4 is 27.6 Å². The molecule has 0 saturated heterocycles. The van der Waals surface area contributed by atoms with Crippen LogP contribution in [0.1, 0.15) is 22.6 Å². The van der Waals surface area contributed by atoms with Crippen molar-refractivity contribution in [1.29, 1.82) is 0 Å². The van der Waals surface area contributed by atoms with E-state index in [9.17, 15) is 23.3 Å². The molecule has 2 atom stereocenters.